The molecule has 11 heteroatoms. The van der Waals surface area contributed by atoms with Crippen molar-refractivity contribution in [2.75, 3.05) is 16.9 Å². The molecule has 3 heterocycles. The van der Waals surface area contributed by atoms with Gasteiger partial charge in [-0.15, -0.1) is 22.7 Å². The van der Waals surface area contributed by atoms with Gasteiger partial charge in [0.1, 0.15) is 9.83 Å². The van der Waals surface area contributed by atoms with E-state index in [4.69, 9.17) is 11.6 Å². The van der Waals surface area contributed by atoms with Crippen molar-refractivity contribution in [2.24, 2.45) is 5.73 Å². The van der Waals surface area contributed by atoms with E-state index in [0.717, 1.165) is 27.6 Å². The van der Waals surface area contributed by atoms with E-state index in [0.29, 0.717) is 15.2 Å². The van der Waals surface area contributed by atoms with Crippen molar-refractivity contribution in [3.05, 3.63) is 63.1 Å². The van der Waals surface area contributed by atoms with Gasteiger partial charge in [0.05, 0.1) is 16.7 Å². The quantitative estimate of drug-likeness (QED) is 0.232. The maximum atomic E-state index is 12.9. The summed E-state index contributed by atoms with van der Waals surface area (Å²) in [5, 5.41) is 7.24. The van der Waals surface area contributed by atoms with Crippen LogP contribution in [-0.2, 0) is 4.79 Å². The van der Waals surface area contributed by atoms with Crippen LogP contribution in [0.4, 0.5) is 5.00 Å². The van der Waals surface area contributed by atoms with Crippen LogP contribution in [0.25, 0.3) is 21.3 Å². The molecular weight excluding hydrogens is 442 g/mol. The van der Waals surface area contributed by atoms with E-state index in [1.807, 2.05) is 35.7 Å². The number of fused-ring (bicyclic) bond motifs is 1. The number of aromatic nitrogens is 2. The first-order valence-corrected chi connectivity index (χ1v) is 11.3. The topological polar surface area (TPSA) is 133 Å². The molecular formula is C19H15N5O3S3. The average Bonchev–Trinajstić information content (AvgIpc) is 3.37. The minimum atomic E-state index is -0.617. The number of nitrogens with two attached hydrogens (primary N) is 2. The number of nitrogens with zero attached hydrogens (tertiary/aromatic N) is 2. The fourth-order valence-electron chi connectivity index (χ4n) is 2.81. The Morgan fingerprint density at radius 2 is 1.93 bits per heavy atom. The Morgan fingerprint density at radius 3 is 2.67 bits per heavy atom. The van der Waals surface area contributed by atoms with E-state index >= 15 is 0 Å². The molecule has 0 aliphatic heterocycles. The zero-order chi connectivity index (χ0) is 21.3. The number of hydrogen-bond acceptors (Lipinski definition) is 8. The van der Waals surface area contributed by atoms with Crippen LogP contribution in [-0.4, -0.2) is 27.2 Å². The summed E-state index contributed by atoms with van der Waals surface area (Å²) in [6.07, 6.45) is 0. The first-order chi connectivity index (χ1) is 14.5. The molecule has 3 aromatic heterocycles. The summed E-state index contributed by atoms with van der Waals surface area (Å²) in [4.78, 5) is 41.5. The van der Waals surface area contributed by atoms with Gasteiger partial charge in [-0.25, -0.2) is 9.66 Å². The van der Waals surface area contributed by atoms with Crippen molar-refractivity contribution in [1.82, 2.24) is 9.66 Å². The summed E-state index contributed by atoms with van der Waals surface area (Å²) < 4.78 is 0.958. The van der Waals surface area contributed by atoms with E-state index in [2.05, 4.69) is 10.3 Å². The van der Waals surface area contributed by atoms with Crippen molar-refractivity contribution in [3.8, 4) is 11.1 Å². The molecule has 0 aliphatic carbocycles. The van der Waals surface area contributed by atoms with Crippen LogP contribution in [0.5, 0.6) is 0 Å². The zero-order valence-electron chi connectivity index (χ0n) is 15.3. The normalized spacial score (nSPS) is 10.9. The molecule has 5 N–H and O–H groups in total. The Morgan fingerprint density at radius 1 is 1.17 bits per heavy atom. The third kappa shape index (κ3) is 3.82. The molecule has 0 saturated heterocycles. The highest BCUT2D eigenvalue weighted by Crippen LogP contribution is 2.31. The number of thioether (sulfide) groups is 1. The van der Waals surface area contributed by atoms with E-state index in [9.17, 15) is 14.4 Å². The first-order valence-electron chi connectivity index (χ1n) is 8.60. The predicted molar refractivity (Wildman–Crippen MR) is 122 cm³/mol. The molecule has 4 aromatic rings. The number of benzene rings is 1. The molecule has 152 valence electrons. The minimum absolute atomic E-state index is 0.0395. The Balaban J connectivity index is 1.56. The van der Waals surface area contributed by atoms with E-state index in [1.54, 1.807) is 11.4 Å². The SMILES string of the molecule is NC(=O)c1ccsc1NC(=O)CSc1nc2scc(-c3ccccc3)c2c(=O)n1N. The summed E-state index contributed by atoms with van der Waals surface area (Å²) in [6, 6.07) is 11.1. The molecule has 8 nitrogen and oxygen atoms in total. The standard InChI is InChI=1S/C19H15N5O3S3/c20-15(26)11-6-7-28-16(11)22-13(25)9-30-19-23-17-14(18(27)24(19)21)12(8-29-17)10-4-2-1-3-5-10/h1-8H,9,21H2,(H2,20,26)(H,22,25). The maximum absolute atomic E-state index is 12.9. The zero-order valence-corrected chi connectivity index (χ0v) is 17.8. The molecule has 0 atom stereocenters. The van der Waals surface area contributed by atoms with Crippen molar-refractivity contribution in [2.45, 2.75) is 5.16 Å². The number of nitrogen functional groups attached to an aromatic ring is 1. The highest BCUT2D eigenvalue weighted by molar-refractivity contribution is 7.99. The van der Waals surface area contributed by atoms with Gasteiger partial charge in [0.25, 0.3) is 11.5 Å². The Kier molecular flexibility index (Phi) is 5.57. The molecule has 0 radical (unpaired) electrons. The van der Waals surface area contributed by atoms with E-state index < -0.39 is 5.91 Å². The summed E-state index contributed by atoms with van der Waals surface area (Å²) >= 11 is 3.58. The largest absolute Gasteiger partial charge is 0.366 e. The first kappa shape index (κ1) is 20.1. The van der Waals surface area contributed by atoms with Crippen LogP contribution in [0, 0.1) is 0 Å². The lowest BCUT2D eigenvalue weighted by Crippen LogP contribution is -2.30. The number of anilines is 1. The van der Waals surface area contributed by atoms with Gasteiger partial charge in [-0.3, -0.25) is 14.4 Å². The van der Waals surface area contributed by atoms with Crippen LogP contribution in [0.2, 0.25) is 0 Å². The molecule has 30 heavy (non-hydrogen) atoms. The van der Waals surface area contributed by atoms with Crippen molar-refractivity contribution in [1.29, 1.82) is 0 Å². The molecule has 0 fully saturated rings. The van der Waals surface area contributed by atoms with Gasteiger partial charge in [-0.2, -0.15) is 0 Å². The van der Waals surface area contributed by atoms with E-state index in [-0.39, 0.29) is 27.9 Å². The van der Waals surface area contributed by atoms with Gasteiger partial charge in [0.2, 0.25) is 5.91 Å². The number of primary amides is 1. The molecule has 0 spiro atoms. The number of carbonyl (C=O) groups is 2. The fourth-order valence-corrected chi connectivity index (χ4v) is 5.32. The number of carbonyl (C=O) groups excluding carboxylic acids is 2. The van der Waals surface area contributed by atoms with Gasteiger partial charge in [-0.1, -0.05) is 42.1 Å². The molecule has 0 aliphatic rings. The van der Waals surface area contributed by atoms with Gasteiger partial charge in [-0.05, 0) is 17.0 Å². The molecule has 2 amide bonds. The van der Waals surface area contributed by atoms with Crippen LogP contribution >= 0.6 is 34.4 Å². The highest BCUT2D eigenvalue weighted by atomic mass is 32.2. The molecule has 0 unspecified atom stereocenters. The predicted octanol–water partition coefficient (Wildman–Crippen LogP) is 2.73. The average molecular weight is 458 g/mol. The second-order valence-electron chi connectivity index (χ2n) is 6.13. The number of thiophene rings is 2. The smallest absolute Gasteiger partial charge is 0.282 e. The lowest BCUT2D eigenvalue weighted by Gasteiger charge is -2.08. The van der Waals surface area contributed by atoms with Gasteiger partial charge >= 0.3 is 0 Å². The lowest BCUT2D eigenvalue weighted by molar-refractivity contribution is -0.113. The molecule has 4 rings (SSSR count). The van der Waals surface area contributed by atoms with Crippen LogP contribution in [0.1, 0.15) is 10.4 Å². The van der Waals surface area contributed by atoms with Crippen molar-refractivity contribution >= 4 is 61.5 Å². The van der Waals surface area contributed by atoms with Crippen LogP contribution < -0.4 is 22.5 Å². The summed E-state index contributed by atoms with van der Waals surface area (Å²) in [7, 11) is 0. The molecule has 1 aromatic carbocycles. The second-order valence-corrected chi connectivity index (χ2v) is 8.85. The summed E-state index contributed by atoms with van der Waals surface area (Å²) in [6.45, 7) is 0. The lowest BCUT2D eigenvalue weighted by atomic mass is 10.1. The molecule has 0 saturated carbocycles. The number of nitrogens with one attached hydrogen (secondary N) is 1. The Bertz CT molecular complexity index is 1310. The van der Waals surface area contributed by atoms with Gasteiger partial charge < -0.3 is 16.9 Å². The Labute approximate surface area is 182 Å². The summed E-state index contributed by atoms with van der Waals surface area (Å²) in [5.41, 5.74) is 6.84. The van der Waals surface area contributed by atoms with Gasteiger partial charge in [0.15, 0.2) is 5.16 Å². The van der Waals surface area contributed by atoms with Crippen molar-refractivity contribution < 1.29 is 9.59 Å². The monoisotopic (exact) mass is 457 g/mol. The van der Waals surface area contributed by atoms with Crippen molar-refractivity contribution in [3.63, 3.8) is 0 Å². The number of rotatable bonds is 6. The highest BCUT2D eigenvalue weighted by Gasteiger charge is 2.18. The second kappa shape index (κ2) is 8.30. The third-order valence-electron chi connectivity index (χ3n) is 4.21. The Hall–Kier alpha value is -3.15. The minimum Gasteiger partial charge on any atom is -0.366 e. The fraction of sp³-hybridized carbons (Fsp3) is 0.0526. The number of hydrogen-bond donors (Lipinski definition) is 3. The van der Waals surface area contributed by atoms with Gasteiger partial charge in [0, 0.05) is 10.9 Å². The van der Waals surface area contributed by atoms with Crippen LogP contribution in [0.3, 0.4) is 0 Å². The maximum Gasteiger partial charge on any atom is 0.282 e. The summed E-state index contributed by atoms with van der Waals surface area (Å²) in [5.74, 6) is 4.95. The number of amides is 2. The van der Waals surface area contributed by atoms with Crippen LogP contribution in [0.15, 0.2) is 57.1 Å². The third-order valence-corrected chi connectivity index (χ3v) is 6.86. The molecule has 0 bridgehead atoms. The van der Waals surface area contributed by atoms with E-state index in [1.165, 1.54) is 22.7 Å².